The van der Waals surface area contributed by atoms with E-state index in [0.717, 1.165) is 0 Å². The molecule has 0 radical (unpaired) electrons. The first-order valence-electron chi connectivity index (χ1n) is 6.82. The van der Waals surface area contributed by atoms with Crippen LogP contribution in [-0.4, -0.2) is 30.6 Å². The minimum atomic E-state index is -0.643. The van der Waals surface area contributed by atoms with Gasteiger partial charge in [0.2, 0.25) is 0 Å². The molecule has 0 saturated carbocycles. The van der Waals surface area contributed by atoms with Gasteiger partial charge in [0.05, 0.1) is 4.92 Å². The second-order valence-corrected chi connectivity index (χ2v) is 5.08. The molecule has 0 fully saturated rings. The number of nitrogens with two attached hydrogens (primary N) is 1. The number of anilines is 1. The SMILES string of the molecule is CC(C)COCCCNC(=O)c1cccc(N)c1[N+](=O)[O-]. The summed E-state index contributed by atoms with van der Waals surface area (Å²) in [5, 5.41) is 13.6. The van der Waals surface area contributed by atoms with Gasteiger partial charge in [-0.3, -0.25) is 14.9 Å². The van der Waals surface area contributed by atoms with E-state index in [0.29, 0.717) is 32.1 Å². The second-order valence-electron chi connectivity index (χ2n) is 5.08. The largest absolute Gasteiger partial charge is 0.393 e. The van der Waals surface area contributed by atoms with Crippen LogP contribution in [0.1, 0.15) is 30.6 Å². The Balaban J connectivity index is 2.50. The number of nitrogens with one attached hydrogen (secondary N) is 1. The van der Waals surface area contributed by atoms with E-state index >= 15 is 0 Å². The smallest absolute Gasteiger partial charge is 0.304 e. The van der Waals surface area contributed by atoms with Crippen molar-refractivity contribution >= 4 is 17.3 Å². The van der Waals surface area contributed by atoms with Crippen LogP contribution in [-0.2, 0) is 4.74 Å². The maximum absolute atomic E-state index is 12.0. The highest BCUT2D eigenvalue weighted by Gasteiger charge is 2.22. The Bertz CT molecular complexity index is 503. The van der Waals surface area contributed by atoms with E-state index in [4.69, 9.17) is 10.5 Å². The van der Waals surface area contributed by atoms with Gasteiger partial charge in [-0.05, 0) is 24.5 Å². The Morgan fingerprint density at radius 2 is 2.19 bits per heavy atom. The van der Waals surface area contributed by atoms with Gasteiger partial charge in [-0.1, -0.05) is 19.9 Å². The Hall–Kier alpha value is -2.15. The van der Waals surface area contributed by atoms with Crippen LogP contribution >= 0.6 is 0 Å². The number of benzene rings is 1. The van der Waals surface area contributed by atoms with Crippen molar-refractivity contribution in [3.05, 3.63) is 33.9 Å². The number of hydrogen-bond acceptors (Lipinski definition) is 5. The van der Waals surface area contributed by atoms with Crippen LogP contribution in [0.2, 0.25) is 0 Å². The summed E-state index contributed by atoms with van der Waals surface area (Å²) < 4.78 is 5.38. The molecule has 0 aromatic heterocycles. The number of nitrogens with zero attached hydrogens (tertiary/aromatic N) is 1. The summed E-state index contributed by atoms with van der Waals surface area (Å²) >= 11 is 0. The van der Waals surface area contributed by atoms with Crippen molar-refractivity contribution in [2.75, 3.05) is 25.5 Å². The first kappa shape index (κ1) is 16.9. The monoisotopic (exact) mass is 295 g/mol. The molecule has 116 valence electrons. The number of rotatable bonds is 8. The molecule has 0 bridgehead atoms. The van der Waals surface area contributed by atoms with Crippen LogP contribution in [0.15, 0.2) is 18.2 Å². The van der Waals surface area contributed by atoms with Crippen molar-refractivity contribution in [1.82, 2.24) is 5.32 Å². The molecular formula is C14H21N3O4. The highest BCUT2D eigenvalue weighted by Crippen LogP contribution is 2.25. The van der Waals surface area contributed by atoms with Gasteiger partial charge in [0, 0.05) is 19.8 Å². The molecule has 1 aromatic carbocycles. The van der Waals surface area contributed by atoms with E-state index in [1.54, 1.807) is 0 Å². The van der Waals surface area contributed by atoms with Crippen molar-refractivity contribution < 1.29 is 14.5 Å². The zero-order valence-corrected chi connectivity index (χ0v) is 12.3. The lowest BCUT2D eigenvalue weighted by Crippen LogP contribution is -2.26. The van der Waals surface area contributed by atoms with Gasteiger partial charge in [-0.15, -0.1) is 0 Å². The highest BCUT2D eigenvalue weighted by molar-refractivity contribution is 6.00. The lowest BCUT2D eigenvalue weighted by molar-refractivity contribution is -0.384. The molecule has 0 aliphatic rings. The fourth-order valence-electron chi connectivity index (χ4n) is 1.74. The summed E-state index contributed by atoms with van der Waals surface area (Å²) in [4.78, 5) is 22.3. The van der Waals surface area contributed by atoms with Crippen LogP contribution in [0.5, 0.6) is 0 Å². The molecule has 1 amide bonds. The fourth-order valence-corrected chi connectivity index (χ4v) is 1.74. The number of nitrogen functional groups attached to an aromatic ring is 1. The van der Waals surface area contributed by atoms with Gasteiger partial charge in [-0.2, -0.15) is 0 Å². The summed E-state index contributed by atoms with van der Waals surface area (Å²) in [6.45, 7) is 5.72. The number of amides is 1. The number of carbonyl (C=O) groups is 1. The fraction of sp³-hybridized carbons (Fsp3) is 0.500. The average Bonchev–Trinajstić information content (AvgIpc) is 2.41. The molecular weight excluding hydrogens is 274 g/mol. The average molecular weight is 295 g/mol. The van der Waals surface area contributed by atoms with Crippen LogP contribution in [0.4, 0.5) is 11.4 Å². The molecule has 0 aliphatic heterocycles. The van der Waals surface area contributed by atoms with E-state index in [9.17, 15) is 14.9 Å². The molecule has 0 heterocycles. The molecule has 3 N–H and O–H groups in total. The topological polar surface area (TPSA) is 107 Å². The molecule has 7 nitrogen and oxygen atoms in total. The van der Waals surface area contributed by atoms with Gasteiger partial charge in [0.25, 0.3) is 5.91 Å². The second kappa shape index (κ2) is 8.21. The molecule has 7 heteroatoms. The molecule has 0 unspecified atom stereocenters. The van der Waals surface area contributed by atoms with Crippen molar-refractivity contribution in [2.24, 2.45) is 5.92 Å². The van der Waals surface area contributed by atoms with Gasteiger partial charge < -0.3 is 15.8 Å². The van der Waals surface area contributed by atoms with E-state index < -0.39 is 10.8 Å². The molecule has 1 rings (SSSR count). The number of nitro benzene ring substituents is 1. The maximum Gasteiger partial charge on any atom is 0.304 e. The molecule has 0 spiro atoms. The summed E-state index contributed by atoms with van der Waals surface area (Å²) in [6.07, 6.45) is 0.647. The lowest BCUT2D eigenvalue weighted by Gasteiger charge is -2.08. The van der Waals surface area contributed by atoms with E-state index in [1.807, 2.05) is 0 Å². The highest BCUT2D eigenvalue weighted by atomic mass is 16.6. The standard InChI is InChI=1S/C14H21N3O4/c1-10(2)9-21-8-4-7-16-14(18)11-5-3-6-12(15)13(11)17(19)20/h3,5-6,10H,4,7-9,15H2,1-2H3,(H,16,18). The van der Waals surface area contributed by atoms with Gasteiger partial charge in [0.15, 0.2) is 0 Å². The van der Waals surface area contributed by atoms with Crippen molar-refractivity contribution in [3.63, 3.8) is 0 Å². The Labute approximate surface area is 123 Å². The van der Waals surface area contributed by atoms with Crippen molar-refractivity contribution in [3.8, 4) is 0 Å². The summed E-state index contributed by atoms with van der Waals surface area (Å²) in [5.74, 6) is -0.0348. The summed E-state index contributed by atoms with van der Waals surface area (Å²) in [5.41, 5.74) is 5.14. The van der Waals surface area contributed by atoms with Crippen LogP contribution in [0, 0.1) is 16.0 Å². The Morgan fingerprint density at radius 1 is 1.48 bits per heavy atom. The maximum atomic E-state index is 12.0. The molecule has 0 aliphatic carbocycles. The number of carbonyl (C=O) groups excluding carboxylic acids is 1. The number of para-hydroxylation sites is 1. The zero-order valence-electron chi connectivity index (χ0n) is 12.3. The van der Waals surface area contributed by atoms with Crippen LogP contribution in [0.25, 0.3) is 0 Å². The molecule has 0 atom stereocenters. The van der Waals surface area contributed by atoms with E-state index in [2.05, 4.69) is 19.2 Å². The Kier molecular flexibility index (Phi) is 6.61. The third kappa shape index (κ3) is 5.39. The summed E-state index contributed by atoms with van der Waals surface area (Å²) in [7, 11) is 0. The minimum Gasteiger partial charge on any atom is -0.393 e. The van der Waals surface area contributed by atoms with E-state index in [1.165, 1.54) is 18.2 Å². The van der Waals surface area contributed by atoms with Crippen molar-refractivity contribution in [2.45, 2.75) is 20.3 Å². The normalized spacial score (nSPS) is 10.6. The molecule has 1 aromatic rings. The molecule has 21 heavy (non-hydrogen) atoms. The van der Waals surface area contributed by atoms with Gasteiger partial charge in [0.1, 0.15) is 11.3 Å². The Morgan fingerprint density at radius 3 is 2.81 bits per heavy atom. The van der Waals surface area contributed by atoms with E-state index in [-0.39, 0.29) is 16.9 Å². The third-order valence-corrected chi connectivity index (χ3v) is 2.70. The van der Waals surface area contributed by atoms with Crippen molar-refractivity contribution in [1.29, 1.82) is 0 Å². The quantitative estimate of drug-likeness (QED) is 0.330. The number of ether oxygens (including phenoxy) is 1. The zero-order chi connectivity index (χ0) is 15.8. The predicted molar refractivity (Wildman–Crippen MR) is 80.1 cm³/mol. The third-order valence-electron chi connectivity index (χ3n) is 2.70. The lowest BCUT2D eigenvalue weighted by atomic mass is 10.1. The molecule has 0 saturated heterocycles. The predicted octanol–water partition coefficient (Wildman–Crippen LogP) is 1.97. The van der Waals surface area contributed by atoms with Crippen LogP contribution in [0.3, 0.4) is 0 Å². The summed E-state index contributed by atoms with van der Waals surface area (Å²) in [6, 6.07) is 4.30. The van der Waals surface area contributed by atoms with Gasteiger partial charge >= 0.3 is 5.69 Å². The van der Waals surface area contributed by atoms with Crippen LogP contribution < -0.4 is 11.1 Å². The first-order valence-corrected chi connectivity index (χ1v) is 6.82. The minimum absolute atomic E-state index is 0.0204. The number of hydrogen-bond donors (Lipinski definition) is 2. The first-order chi connectivity index (χ1) is 9.93. The van der Waals surface area contributed by atoms with Gasteiger partial charge in [-0.25, -0.2) is 0 Å². The number of nitro groups is 1.